The summed E-state index contributed by atoms with van der Waals surface area (Å²) in [5.41, 5.74) is 1.34. The molecule has 22 heavy (non-hydrogen) atoms. The highest BCUT2D eigenvalue weighted by Crippen LogP contribution is 2.23. The molecule has 1 aromatic carbocycles. The number of carboxylic acid groups (broad SMARTS) is 1. The molecule has 3 rings (SSSR count). The average molecular weight is 302 g/mol. The molecule has 2 heterocycles. The number of hydrogen-bond donors (Lipinski definition) is 1. The van der Waals surface area contributed by atoms with Crippen molar-refractivity contribution in [3.8, 4) is 0 Å². The lowest BCUT2D eigenvalue weighted by molar-refractivity contribution is -0.141. The molecular weight excluding hydrogens is 284 g/mol. The normalized spacial score (nSPS) is 21.5. The van der Waals surface area contributed by atoms with Crippen LogP contribution in [-0.2, 0) is 9.59 Å². The standard InChI is InChI=1S/C16H18N2O4/c19-14-2-1-8-18(14)13-5-3-11(4-6-13)15(20)17-9-7-12(10-17)16(21)22/h3-6,12H,1-2,7-10H2,(H,21,22)/t12-/m1/s1. The van der Waals surface area contributed by atoms with E-state index in [0.717, 1.165) is 18.7 Å². The van der Waals surface area contributed by atoms with E-state index < -0.39 is 11.9 Å². The van der Waals surface area contributed by atoms with E-state index >= 15 is 0 Å². The minimum Gasteiger partial charge on any atom is -0.481 e. The molecule has 6 nitrogen and oxygen atoms in total. The van der Waals surface area contributed by atoms with Crippen LogP contribution in [-0.4, -0.2) is 47.4 Å². The Hall–Kier alpha value is -2.37. The van der Waals surface area contributed by atoms with Crippen LogP contribution in [0, 0.1) is 5.92 Å². The van der Waals surface area contributed by atoms with Crippen LogP contribution >= 0.6 is 0 Å². The number of anilines is 1. The highest BCUT2D eigenvalue weighted by atomic mass is 16.4. The lowest BCUT2D eigenvalue weighted by Gasteiger charge is -2.18. The fraction of sp³-hybridized carbons (Fsp3) is 0.438. The van der Waals surface area contributed by atoms with Gasteiger partial charge in [-0.05, 0) is 37.1 Å². The molecule has 0 aliphatic carbocycles. The zero-order valence-corrected chi connectivity index (χ0v) is 12.2. The smallest absolute Gasteiger partial charge is 0.308 e. The van der Waals surface area contributed by atoms with Crippen molar-refractivity contribution in [3.63, 3.8) is 0 Å². The summed E-state index contributed by atoms with van der Waals surface area (Å²) in [6.45, 7) is 1.46. The van der Waals surface area contributed by atoms with E-state index in [0.29, 0.717) is 24.9 Å². The van der Waals surface area contributed by atoms with E-state index in [2.05, 4.69) is 0 Å². The molecule has 2 aliphatic rings. The summed E-state index contributed by atoms with van der Waals surface area (Å²) in [5.74, 6) is -1.35. The summed E-state index contributed by atoms with van der Waals surface area (Å²) in [6.07, 6.45) is 1.94. The van der Waals surface area contributed by atoms with Crippen LogP contribution in [0.15, 0.2) is 24.3 Å². The van der Waals surface area contributed by atoms with E-state index in [1.807, 2.05) is 0 Å². The van der Waals surface area contributed by atoms with Gasteiger partial charge in [0.2, 0.25) is 5.91 Å². The number of nitrogens with zero attached hydrogens (tertiary/aromatic N) is 2. The van der Waals surface area contributed by atoms with Gasteiger partial charge in [0.05, 0.1) is 5.92 Å². The second kappa shape index (κ2) is 5.79. The highest BCUT2D eigenvalue weighted by Gasteiger charge is 2.31. The predicted octanol–water partition coefficient (Wildman–Crippen LogP) is 1.36. The van der Waals surface area contributed by atoms with E-state index in [-0.39, 0.29) is 18.4 Å². The van der Waals surface area contributed by atoms with Gasteiger partial charge in [-0.2, -0.15) is 0 Å². The molecule has 1 aromatic rings. The number of amides is 2. The van der Waals surface area contributed by atoms with Crippen molar-refractivity contribution < 1.29 is 19.5 Å². The van der Waals surface area contributed by atoms with Gasteiger partial charge in [0, 0.05) is 37.3 Å². The van der Waals surface area contributed by atoms with Crippen molar-refractivity contribution in [1.29, 1.82) is 0 Å². The SMILES string of the molecule is O=C(O)[C@@H]1CCN(C(=O)c2ccc(N3CCCC3=O)cc2)C1. The Labute approximate surface area is 128 Å². The minimum absolute atomic E-state index is 0.114. The van der Waals surface area contributed by atoms with Crippen molar-refractivity contribution in [3.05, 3.63) is 29.8 Å². The molecule has 2 amide bonds. The first-order chi connectivity index (χ1) is 10.6. The molecule has 116 valence electrons. The summed E-state index contributed by atoms with van der Waals surface area (Å²) >= 11 is 0. The van der Waals surface area contributed by atoms with Gasteiger partial charge >= 0.3 is 5.97 Å². The van der Waals surface area contributed by atoms with E-state index in [4.69, 9.17) is 5.11 Å². The third-order valence-corrected chi connectivity index (χ3v) is 4.32. The third-order valence-electron chi connectivity index (χ3n) is 4.32. The Morgan fingerprint density at radius 3 is 2.41 bits per heavy atom. The maximum atomic E-state index is 12.4. The van der Waals surface area contributed by atoms with E-state index in [9.17, 15) is 14.4 Å². The number of benzene rings is 1. The molecule has 2 fully saturated rings. The van der Waals surface area contributed by atoms with Crippen LogP contribution < -0.4 is 4.90 Å². The first-order valence-electron chi connectivity index (χ1n) is 7.49. The number of carbonyl (C=O) groups excluding carboxylic acids is 2. The van der Waals surface area contributed by atoms with Gasteiger partial charge in [-0.3, -0.25) is 14.4 Å². The van der Waals surface area contributed by atoms with Gasteiger partial charge in [0.25, 0.3) is 5.91 Å². The topological polar surface area (TPSA) is 77.9 Å². The fourth-order valence-electron chi connectivity index (χ4n) is 3.03. The predicted molar refractivity (Wildman–Crippen MR) is 79.7 cm³/mol. The molecule has 0 bridgehead atoms. The number of rotatable bonds is 3. The Kier molecular flexibility index (Phi) is 3.83. The number of carboxylic acids is 1. The molecule has 2 saturated heterocycles. The van der Waals surface area contributed by atoms with Crippen LogP contribution in [0.2, 0.25) is 0 Å². The quantitative estimate of drug-likeness (QED) is 0.914. The summed E-state index contributed by atoms with van der Waals surface area (Å²) in [7, 11) is 0. The van der Waals surface area contributed by atoms with Crippen molar-refractivity contribution in [2.75, 3.05) is 24.5 Å². The van der Waals surface area contributed by atoms with Gasteiger partial charge in [0.1, 0.15) is 0 Å². The number of likely N-dealkylation sites (tertiary alicyclic amines) is 1. The van der Waals surface area contributed by atoms with Crippen LogP contribution in [0.5, 0.6) is 0 Å². The Morgan fingerprint density at radius 1 is 1.14 bits per heavy atom. The zero-order valence-electron chi connectivity index (χ0n) is 12.2. The van der Waals surface area contributed by atoms with Gasteiger partial charge in [0.15, 0.2) is 0 Å². The monoisotopic (exact) mass is 302 g/mol. The maximum absolute atomic E-state index is 12.4. The molecular formula is C16H18N2O4. The van der Waals surface area contributed by atoms with Crippen LogP contribution in [0.25, 0.3) is 0 Å². The number of carbonyl (C=O) groups is 3. The lowest BCUT2D eigenvalue weighted by atomic mass is 10.1. The molecule has 0 unspecified atom stereocenters. The first kappa shape index (κ1) is 14.6. The van der Waals surface area contributed by atoms with Crippen molar-refractivity contribution >= 4 is 23.5 Å². The molecule has 0 saturated carbocycles. The molecule has 0 spiro atoms. The molecule has 0 aromatic heterocycles. The zero-order chi connectivity index (χ0) is 15.7. The van der Waals surface area contributed by atoms with Crippen molar-refractivity contribution in [2.45, 2.75) is 19.3 Å². The molecule has 1 atom stereocenters. The van der Waals surface area contributed by atoms with E-state index in [1.54, 1.807) is 34.1 Å². The maximum Gasteiger partial charge on any atom is 0.308 e. The first-order valence-corrected chi connectivity index (χ1v) is 7.49. The number of hydrogen-bond acceptors (Lipinski definition) is 3. The lowest BCUT2D eigenvalue weighted by Crippen LogP contribution is -2.30. The van der Waals surface area contributed by atoms with Gasteiger partial charge in [-0.1, -0.05) is 0 Å². The number of aliphatic carboxylic acids is 1. The summed E-state index contributed by atoms with van der Waals surface area (Å²) < 4.78 is 0. The largest absolute Gasteiger partial charge is 0.481 e. The van der Waals surface area contributed by atoms with Crippen LogP contribution in [0.1, 0.15) is 29.6 Å². The Bertz CT molecular complexity index is 611. The van der Waals surface area contributed by atoms with Gasteiger partial charge in [-0.25, -0.2) is 0 Å². The average Bonchev–Trinajstić information content (AvgIpc) is 3.15. The summed E-state index contributed by atoms with van der Waals surface area (Å²) in [5, 5.41) is 8.99. The minimum atomic E-state index is -0.849. The van der Waals surface area contributed by atoms with Crippen molar-refractivity contribution in [2.24, 2.45) is 5.92 Å². The van der Waals surface area contributed by atoms with Crippen LogP contribution in [0.3, 0.4) is 0 Å². The fourth-order valence-corrected chi connectivity index (χ4v) is 3.03. The Balaban J connectivity index is 1.69. The van der Waals surface area contributed by atoms with E-state index in [1.165, 1.54) is 0 Å². The van der Waals surface area contributed by atoms with Gasteiger partial charge < -0.3 is 14.9 Å². The summed E-state index contributed by atoms with van der Waals surface area (Å²) in [4.78, 5) is 38.3. The van der Waals surface area contributed by atoms with Crippen molar-refractivity contribution in [1.82, 2.24) is 4.90 Å². The molecule has 2 aliphatic heterocycles. The second-order valence-corrected chi connectivity index (χ2v) is 5.77. The van der Waals surface area contributed by atoms with Crippen LogP contribution in [0.4, 0.5) is 5.69 Å². The Morgan fingerprint density at radius 2 is 1.86 bits per heavy atom. The molecule has 0 radical (unpaired) electrons. The summed E-state index contributed by atoms with van der Waals surface area (Å²) in [6, 6.07) is 6.97. The molecule has 1 N–H and O–H groups in total. The molecule has 6 heteroatoms. The highest BCUT2D eigenvalue weighted by molar-refractivity contribution is 5.97. The third kappa shape index (κ3) is 2.68. The second-order valence-electron chi connectivity index (χ2n) is 5.77. The van der Waals surface area contributed by atoms with Gasteiger partial charge in [-0.15, -0.1) is 0 Å².